The van der Waals surface area contributed by atoms with Crippen LogP contribution >= 0.6 is 11.6 Å². The summed E-state index contributed by atoms with van der Waals surface area (Å²) in [5.74, 6) is 0. The Labute approximate surface area is 76.6 Å². The lowest BCUT2D eigenvalue weighted by Gasteiger charge is -2.08. The molecule has 0 amide bonds. The van der Waals surface area contributed by atoms with Gasteiger partial charge in [-0.2, -0.15) is 13.2 Å². The van der Waals surface area contributed by atoms with Crippen LogP contribution in [0.2, 0.25) is 5.02 Å². The minimum atomic E-state index is -4.48. The van der Waals surface area contributed by atoms with E-state index in [0.29, 0.717) is 12.3 Å². The zero-order chi connectivity index (χ0) is 10.2. The van der Waals surface area contributed by atoms with Crippen LogP contribution in [0.5, 0.6) is 0 Å². The van der Waals surface area contributed by atoms with Gasteiger partial charge in [0.1, 0.15) is 5.02 Å². The summed E-state index contributed by atoms with van der Waals surface area (Å²) in [5.41, 5.74) is -1.57. The van der Waals surface area contributed by atoms with Gasteiger partial charge in [-0.1, -0.05) is 11.6 Å². The van der Waals surface area contributed by atoms with Crippen molar-refractivity contribution < 1.29 is 13.2 Å². The summed E-state index contributed by atoms with van der Waals surface area (Å²) in [6.45, 7) is 0. The Hall–Kier alpha value is -0.970. The molecule has 1 aromatic rings. The Morgan fingerprint density at radius 1 is 1.46 bits per heavy atom. The van der Waals surface area contributed by atoms with Gasteiger partial charge in [-0.3, -0.25) is 4.79 Å². The molecule has 6 heteroatoms. The standard InChI is InChI=1S/C7H5ClF3NO/c1-12-3-4(7(9,10)11)2-5(8)6(12)13/h2-3H,1H3. The molecule has 1 rings (SSSR count). The number of halogens is 4. The lowest BCUT2D eigenvalue weighted by atomic mass is 10.3. The highest BCUT2D eigenvalue weighted by molar-refractivity contribution is 6.30. The summed E-state index contributed by atoms with van der Waals surface area (Å²) in [5, 5.41) is -0.433. The van der Waals surface area contributed by atoms with Crippen LogP contribution in [0.3, 0.4) is 0 Å². The molecule has 0 aromatic carbocycles. The number of alkyl halides is 3. The van der Waals surface area contributed by atoms with E-state index < -0.39 is 22.3 Å². The molecule has 1 heterocycles. The number of rotatable bonds is 0. The number of pyridine rings is 1. The van der Waals surface area contributed by atoms with Crippen LogP contribution in [-0.2, 0) is 13.2 Å². The monoisotopic (exact) mass is 211 g/mol. The molecule has 0 N–H and O–H groups in total. The molecule has 0 aliphatic heterocycles. The van der Waals surface area contributed by atoms with Gasteiger partial charge in [0, 0.05) is 13.2 Å². The number of aryl methyl sites for hydroxylation is 1. The Bertz CT molecular complexity index is 356. The fourth-order valence-corrected chi connectivity index (χ4v) is 1.08. The van der Waals surface area contributed by atoms with E-state index in [-0.39, 0.29) is 0 Å². The lowest BCUT2D eigenvalue weighted by Crippen LogP contribution is -2.19. The van der Waals surface area contributed by atoms with E-state index in [2.05, 4.69) is 0 Å². The lowest BCUT2D eigenvalue weighted by molar-refractivity contribution is -0.138. The molecular formula is C7H5ClF3NO. The van der Waals surface area contributed by atoms with E-state index in [1.54, 1.807) is 0 Å². The van der Waals surface area contributed by atoms with Crippen LogP contribution in [0.1, 0.15) is 5.56 Å². The Morgan fingerprint density at radius 2 is 2.00 bits per heavy atom. The molecule has 2 nitrogen and oxygen atoms in total. The van der Waals surface area contributed by atoms with Gasteiger partial charge in [0.2, 0.25) is 0 Å². The summed E-state index contributed by atoms with van der Waals surface area (Å²) in [6.07, 6.45) is -3.77. The first kappa shape index (κ1) is 10.1. The highest BCUT2D eigenvalue weighted by Crippen LogP contribution is 2.29. The van der Waals surface area contributed by atoms with E-state index in [9.17, 15) is 18.0 Å². The summed E-state index contributed by atoms with van der Waals surface area (Å²) < 4.78 is 37.1. The fraction of sp³-hybridized carbons (Fsp3) is 0.286. The molecule has 0 spiro atoms. The predicted octanol–water partition coefficient (Wildman–Crippen LogP) is 2.06. The molecule has 0 fully saturated rings. The zero-order valence-electron chi connectivity index (χ0n) is 6.52. The summed E-state index contributed by atoms with van der Waals surface area (Å²) in [6, 6.07) is 0.615. The van der Waals surface area contributed by atoms with Crippen LogP contribution in [0.25, 0.3) is 0 Å². The molecule has 13 heavy (non-hydrogen) atoms. The van der Waals surface area contributed by atoms with Crippen molar-refractivity contribution in [3.8, 4) is 0 Å². The van der Waals surface area contributed by atoms with Gasteiger partial charge in [-0.05, 0) is 6.07 Å². The Balaban J connectivity index is 3.38. The maximum Gasteiger partial charge on any atom is 0.417 e. The smallest absolute Gasteiger partial charge is 0.317 e. The fourth-order valence-electron chi connectivity index (χ4n) is 0.826. The van der Waals surface area contributed by atoms with Crippen LogP contribution in [0, 0.1) is 0 Å². The third-order valence-corrected chi connectivity index (χ3v) is 1.74. The third kappa shape index (κ3) is 2.03. The van der Waals surface area contributed by atoms with Crippen molar-refractivity contribution in [1.82, 2.24) is 4.57 Å². The SMILES string of the molecule is Cn1cc(C(F)(F)F)cc(Cl)c1=O. The van der Waals surface area contributed by atoms with E-state index in [0.717, 1.165) is 4.57 Å². The number of aromatic nitrogens is 1. The Morgan fingerprint density at radius 3 is 2.38 bits per heavy atom. The van der Waals surface area contributed by atoms with Crippen LogP contribution in [0.4, 0.5) is 13.2 Å². The Kier molecular flexibility index (Phi) is 2.38. The highest BCUT2D eigenvalue weighted by Gasteiger charge is 2.31. The first-order chi connectivity index (χ1) is 5.82. The molecule has 0 unspecified atom stereocenters. The molecule has 0 atom stereocenters. The molecule has 0 aliphatic carbocycles. The van der Waals surface area contributed by atoms with Crippen LogP contribution in [-0.4, -0.2) is 4.57 Å². The first-order valence-corrected chi connectivity index (χ1v) is 3.63. The minimum absolute atomic E-state index is 0.433. The summed E-state index contributed by atoms with van der Waals surface area (Å²) in [7, 11) is 1.21. The molecule has 0 saturated carbocycles. The van der Waals surface area contributed by atoms with Gasteiger partial charge < -0.3 is 4.57 Å². The second-order valence-electron chi connectivity index (χ2n) is 2.49. The highest BCUT2D eigenvalue weighted by atomic mass is 35.5. The van der Waals surface area contributed by atoms with E-state index in [1.165, 1.54) is 7.05 Å². The van der Waals surface area contributed by atoms with Crippen molar-refractivity contribution in [2.75, 3.05) is 0 Å². The van der Waals surface area contributed by atoms with Crippen molar-refractivity contribution in [3.63, 3.8) is 0 Å². The van der Waals surface area contributed by atoms with Gasteiger partial charge in [-0.25, -0.2) is 0 Å². The molecule has 1 aromatic heterocycles. The predicted molar refractivity (Wildman–Crippen MR) is 41.7 cm³/mol. The quantitative estimate of drug-likeness (QED) is 0.644. The van der Waals surface area contributed by atoms with Crippen LogP contribution in [0.15, 0.2) is 17.1 Å². The second kappa shape index (κ2) is 3.06. The molecule has 0 saturated heterocycles. The molecule has 72 valence electrons. The molecule has 0 bridgehead atoms. The van der Waals surface area contributed by atoms with Crippen molar-refractivity contribution in [2.24, 2.45) is 7.05 Å². The van der Waals surface area contributed by atoms with Crippen molar-refractivity contribution in [3.05, 3.63) is 33.2 Å². The summed E-state index contributed by atoms with van der Waals surface area (Å²) in [4.78, 5) is 10.9. The second-order valence-corrected chi connectivity index (χ2v) is 2.90. The van der Waals surface area contributed by atoms with E-state index >= 15 is 0 Å². The normalized spacial score (nSPS) is 11.8. The maximum absolute atomic E-state index is 12.1. The molecule has 0 aliphatic rings. The zero-order valence-corrected chi connectivity index (χ0v) is 7.28. The molecular weight excluding hydrogens is 207 g/mol. The number of hydrogen-bond acceptors (Lipinski definition) is 1. The van der Waals surface area contributed by atoms with E-state index in [1.807, 2.05) is 0 Å². The number of nitrogens with zero attached hydrogens (tertiary/aromatic N) is 1. The average molecular weight is 212 g/mol. The molecule has 0 radical (unpaired) electrons. The van der Waals surface area contributed by atoms with Gasteiger partial charge in [0.05, 0.1) is 5.56 Å². The van der Waals surface area contributed by atoms with Crippen LogP contribution < -0.4 is 5.56 Å². The van der Waals surface area contributed by atoms with Crippen molar-refractivity contribution in [2.45, 2.75) is 6.18 Å². The van der Waals surface area contributed by atoms with Gasteiger partial charge in [0.15, 0.2) is 0 Å². The van der Waals surface area contributed by atoms with Gasteiger partial charge >= 0.3 is 6.18 Å². The first-order valence-electron chi connectivity index (χ1n) is 3.26. The number of hydrogen-bond donors (Lipinski definition) is 0. The average Bonchev–Trinajstić information content (AvgIpc) is 1.97. The van der Waals surface area contributed by atoms with Crippen molar-refractivity contribution >= 4 is 11.6 Å². The van der Waals surface area contributed by atoms with Crippen molar-refractivity contribution in [1.29, 1.82) is 0 Å². The topological polar surface area (TPSA) is 22.0 Å². The van der Waals surface area contributed by atoms with Gasteiger partial charge in [-0.15, -0.1) is 0 Å². The third-order valence-electron chi connectivity index (χ3n) is 1.47. The van der Waals surface area contributed by atoms with Gasteiger partial charge in [0.25, 0.3) is 5.56 Å². The maximum atomic E-state index is 12.1. The summed E-state index contributed by atoms with van der Waals surface area (Å²) >= 11 is 5.29. The largest absolute Gasteiger partial charge is 0.417 e. The minimum Gasteiger partial charge on any atom is -0.317 e. The van der Waals surface area contributed by atoms with E-state index in [4.69, 9.17) is 11.6 Å².